The van der Waals surface area contributed by atoms with Gasteiger partial charge < -0.3 is 0 Å². The van der Waals surface area contributed by atoms with Crippen LogP contribution in [0, 0.1) is 5.92 Å². The summed E-state index contributed by atoms with van der Waals surface area (Å²) >= 11 is 0. The molecule has 0 radical (unpaired) electrons. The Bertz CT molecular complexity index is 857. The van der Waals surface area contributed by atoms with Crippen LogP contribution >= 0.6 is 0 Å². The van der Waals surface area contributed by atoms with E-state index in [9.17, 15) is 0 Å². The van der Waals surface area contributed by atoms with Gasteiger partial charge in [0.2, 0.25) is 0 Å². The highest BCUT2D eigenvalue weighted by atomic mass is 14.4. The van der Waals surface area contributed by atoms with Crippen molar-refractivity contribution in [2.45, 2.75) is 63.7 Å². The van der Waals surface area contributed by atoms with Crippen LogP contribution in [-0.4, -0.2) is 0 Å². The Labute approximate surface area is 164 Å². The average molecular weight is 357 g/mol. The van der Waals surface area contributed by atoms with E-state index in [2.05, 4.69) is 79.7 Å². The van der Waals surface area contributed by atoms with E-state index in [4.69, 9.17) is 0 Å². The summed E-state index contributed by atoms with van der Waals surface area (Å²) in [5.41, 5.74) is 3.27. The van der Waals surface area contributed by atoms with Crippen molar-refractivity contribution in [2.24, 2.45) is 5.92 Å². The molecule has 0 heterocycles. The van der Waals surface area contributed by atoms with Crippen molar-refractivity contribution in [1.82, 2.24) is 0 Å². The number of hydrogen-bond donors (Lipinski definition) is 0. The van der Waals surface area contributed by atoms with Gasteiger partial charge in [0, 0.05) is 0 Å². The predicted molar refractivity (Wildman–Crippen MR) is 117 cm³/mol. The maximum Gasteiger partial charge on any atom is -0.000664 e. The number of hydrogen-bond acceptors (Lipinski definition) is 0. The van der Waals surface area contributed by atoms with E-state index in [0.29, 0.717) is 0 Å². The second-order valence-electron chi connectivity index (χ2n) is 8.57. The second kappa shape index (κ2) is 8.30. The molecule has 1 unspecified atom stereocenters. The lowest BCUT2D eigenvalue weighted by atomic mass is 9.66. The summed E-state index contributed by atoms with van der Waals surface area (Å²) in [6, 6.07) is 27.2. The molecule has 140 valence electrons. The van der Waals surface area contributed by atoms with Crippen molar-refractivity contribution in [3.8, 4) is 0 Å². The van der Waals surface area contributed by atoms with Crippen LogP contribution in [0.5, 0.6) is 0 Å². The molecule has 0 spiro atoms. The molecule has 0 nitrogen and oxygen atoms in total. The lowest BCUT2D eigenvalue weighted by Gasteiger charge is -2.38. The highest BCUT2D eigenvalue weighted by Gasteiger charge is 2.34. The van der Waals surface area contributed by atoms with Gasteiger partial charge in [-0.3, -0.25) is 0 Å². The Morgan fingerprint density at radius 3 is 2.22 bits per heavy atom. The molecule has 0 bridgehead atoms. The fourth-order valence-electron chi connectivity index (χ4n) is 5.24. The number of fused-ring (bicyclic) bond motifs is 1. The molecule has 0 heteroatoms. The van der Waals surface area contributed by atoms with Gasteiger partial charge in [-0.05, 0) is 52.5 Å². The Morgan fingerprint density at radius 1 is 0.778 bits per heavy atom. The third-order valence-corrected chi connectivity index (χ3v) is 6.82. The van der Waals surface area contributed by atoms with Crippen LogP contribution in [-0.2, 0) is 11.8 Å². The molecular weight excluding hydrogens is 324 g/mol. The normalized spacial score (nSPS) is 17.7. The van der Waals surface area contributed by atoms with Crippen molar-refractivity contribution >= 4 is 10.8 Å². The molecule has 1 aliphatic carbocycles. The lowest BCUT2D eigenvalue weighted by Crippen LogP contribution is -2.32. The molecule has 0 amide bonds. The van der Waals surface area contributed by atoms with Crippen molar-refractivity contribution in [3.63, 3.8) is 0 Å². The van der Waals surface area contributed by atoms with Crippen LogP contribution < -0.4 is 0 Å². The van der Waals surface area contributed by atoms with Crippen LogP contribution in [0.15, 0.2) is 72.8 Å². The Kier molecular flexibility index (Phi) is 5.62. The number of rotatable bonds is 6. The molecule has 4 rings (SSSR count). The molecule has 0 aromatic heterocycles. The predicted octanol–water partition coefficient (Wildman–Crippen LogP) is 7.70. The molecule has 1 atom stereocenters. The Balaban J connectivity index is 1.69. The van der Waals surface area contributed by atoms with Crippen molar-refractivity contribution < 1.29 is 0 Å². The van der Waals surface area contributed by atoms with E-state index in [1.54, 1.807) is 0 Å². The Morgan fingerprint density at radius 2 is 1.48 bits per heavy atom. The summed E-state index contributed by atoms with van der Waals surface area (Å²) in [5, 5.41) is 2.71. The maximum atomic E-state index is 2.42. The molecule has 27 heavy (non-hydrogen) atoms. The summed E-state index contributed by atoms with van der Waals surface area (Å²) < 4.78 is 0. The molecule has 3 aromatic rings. The lowest BCUT2D eigenvalue weighted by molar-refractivity contribution is 0.247. The monoisotopic (exact) mass is 356 g/mol. The smallest absolute Gasteiger partial charge is 0.000664 e. The summed E-state index contributed by atoms with van der Waals surface area (Å²) in [4.78, 5) is 0. The van der Waals surface area contributed by atoms with E-state index in [0.717, 1.165) is 12.3 Å². The average Bonchev–Trinajstić information content (AvgIpc) is 2.74. The minimum Gasteiger partial charge on any atom is -0.0645 e. The van der Waals surface area contributed by atoms with Crippen LogP contribution in [0.3, 0.4) is 0 Å². The zero-order chi connectivity index (χ0) is 18.5. The van der Waals surface area contributed by atoms with Crippen LogP contribution in [0.4, 0.5) is 0 Å². The SMILES string of the molecule is CCC(Cc1ccc2ccccc2c1)(CC1CCCCC1)c1ccccc1. The Hall–Kier alpha value is -2.08. The zero-order valence-electron chi connectivity index (χ0n) is 16.7. The molecule has 0 saturated heterocycles. The first kappa shape index (κ1) is 18.3. The third-order valence-electron chi connectivity index (χ3n) is 6.82. The summed E-state index contributed by atoms with van der Waals surface area (Å²) in [6.07, 6.45) is 10.8. The third kappa shape index (κ3) is 4.10. The summed E-state index contributed by atoms with van der Waals surface area (Å²) in [6.45, 7) is 2.40. The molecule has 3 aromatic carbocycles. The molecule has 0 aliphatic heterocycles. The standard InChI is InChI=1S/C27H32/c1-2-27(26-15-7-4-8-16-26,20-22-11-5-3-6-12-22)21-23-17-18-24-13-9-10-14-25(24)19-23/h4,7-10,13-19,22H,2-3,5-6,11-12,20-21H2,1H3. The van der Waals surface area contributed by atoms with Gasteiger partial charge in [-0.1, -0.05) is 112 Å². The summed E-state index contributed by atoms with van der Waals surface area (Å²) in [5.74, 6) is 0.888. The fourth-order valence-corrected chi connectivity index (χ4v) is 5.24. The molecule has 1 aliphatic rings. The second-order valence-corrected chi connectivity index (χ2v) is 8.57. The van der Waals surface area contributed by atoms with Crippen molar-refractivity contribution in [2.75, 3.05) is 0 Å². The quantitative estimate of drug-likeness (QED) is 0.424. The molecule has 0 N–H and O–H groups in total. The number of benzene rings is 3. The van der Waals surface area contributed by atoms with Gasteiger partial charge in [0.25, 0.3) is 0 Å². The minimum absolute atomic E-state index is 0.256. The van der Waals surface area contributed by atoms with E-state index >= 15 is 0 Å². The van der Waals surface area contributed by atoms with Gasteiger partial charge in [0.15, 0.2) is 0 Å². The maximum absolute atomic E-state index is 2.42. The van der Waals surface area contributed by atoms with Gasteiger partial charge in [-0.2, -0.15) is 0 Å². The first-order valence-electron chi connectivity index (χ1n) is 10.8. The minimum atomic E-state index is 0.256. The van der Waals surface area contributed by atoms with Gasteiger partial charge in [0.05, 0.1) is 0 Å². The molecule has 1 fully saturated rings. The van der Waals surface area contributed by atoms with Crippen LogP contribution in [0.25, 0.3) is 10.8 Å². The highest BCUT2D eigenvalue weighted by molar-refractivity contribution is 5.83. The summed E-state index contributed by atoms with van der Waals surface area (Å²) in [7, 11) is 0. The fraction of sp³-hybridized carbons (Fsp3) is 0.407. The highest BCUT2D eigenvalue weighted by Crippen LogP contribution is 2.42. The van der Waals surface area contributed by atoms with E-state index < -0.39 is 0 Å². The molecular formula is C27H32. The van der Waals surface area contributed by atoms with Gasteiger partial charge in [-0.15, -0.1) is 0 Å². The van der Waals surface area contributed by atoms with Gasteiger partial charge in [0.1, 0.15) is 0 Å². The topological polar surface area (TPSA) is 0 Å². The first-order chi connectivity index (χ1) is 13.3. The zero-order valence-corrected chi connectivity index (χ0v) is 16.7. The van der Waals surface area contributed by atoms with Gasteiger partial charge >= 0.3 is 0 Å². The van der Waals surface area contributed by atoms with Crippen LogP contribution in [0.1, 0.15) is 63.0 Å². The van der Waals surface area contributed by atoms with Gasteiger partial charge in [-0.25, -0.2) is 0 Å². The van der Waals surface area contributed by atoms with E-state index in [1.807, 2.05) is 0 Å². The van der Waals surface area contributed by atoms with E-state index in [1.165, 1.54) is 66.8 Å². The molecule has 1 saturated carbocycles. The van der Waals surface area contributed by atoms with Crippen molar-refractivity contribution in [3.05, 3.63) is 83.9 Å². The first-order valence-corrected chi connectivity index (χ1v) is 10.8. The van der Waals surface area contributed by atoms with Crippen LogP contribution in [0.2, 0.25) is 0 Å². The van der Waals surface area contributed by atoms with E-state index in [-0.39, 0.29) is 5.41 Å². The largest absolute Gasteiger partial charge is 0.0645 e. The van der Waals surface area contributed by atoms with Crippen molar-refractivity contribution in [1.29, 1.82) is 0 Å².